The molecule has 1 aromatic carbocycles. The Morgan fingerprint density at radius 1 is 1.45 bits per heavy atom. The molecule has 2 aliphatic rings. The summed E-state index contributed by atoms with van der Waals surface area (Å²) in [5.41, 5.74) is 2.75. The van der Waals surface area contributed by atoms with E-state index in [1.807, 2.05) is 4.90 Å². The van der Waals surface area contributed by atoms with Gasteiger partial charge in [-0.15, -0.1) is 0 Å². The van der Waals surface area contributed by atoms with E-state index in [1.54, 1.807) is 0 Å². The van der Waals surface area contributed by atoms with Crippen LogP contribution in [0, 0.1) is 16.0 Å². The Labute approximate surface area is 115 Å². The fraction of sp³-hybridized carbons (Fsp3) is 0.462. The smallest absolute Gasteiger partial charge is 0.293 e. The molecule has 0 spiro atoms. The minimum absolute atomic E-state index is 0.0661. The molecule has 1 aromatic rings. The van der Waals surface area contributed by atoms with Crippen molar-refractivity contribution in [1.82, 2.24) is 4.90 Å². The molecule has 0 aromatic heterocycles. The largest absolute Gasteiger partial charge is 0.335 e. The number of carbonyl (C=O) groups is 1. The molecule has 0 radical (unpaired) electrons. The molecule has 1 heterocycles. The number of nitrogens with one attached hydrogen (secondary N) is 1. The van der Waals surface area contributed by atoms with Gasteiger partial charge in [0, 0.05) is 24.2 Å². The fourth-order valence-corrected chi connectivity index (χ4v) is 3.28. The number of nitro groups is 1. The van der Waals surface area contributed by atoms with Crippen LogP contribution in [0.3, 0.4) is 0 Å². The van der Waals surface area contributed by atoms with E-state index >= 15 is 0 Å². The van der Waals surface area contributed by atoms with E-state index in [4.69, 9.17) is 5.84 Å². The lowest BCUT2D eigenvalue weighted by molar-refractivity contribution is -0.384. The molecule has 2 fully saturated rings. The van der Waals surface area contributed by atoms with Crippen molar-refractivity contribution in [1.29, 1.82) is 0 Å². The van der Waals surface area contributed by atoms with Crippen molar-refractivity contribution in [3.63, 3.8) is 0 Å². The molecule has 1 saturated heterocycles. The van der Waals surface area contributed by atoms with Gasteiger partial charge in [-0.1, -0.05) is 0 Å². The predicted octanol–water partition coefficient (Wildman–Crippen LogP) is 1.50. The van der Waals surface area contributed by atoms with Crippen molar-refractivity contribution in [2.24, 2.45) is 11.8 Å². The number of piperidine rings is 1. The summed E-state index contributed by atoms with van der Waals surface area (Å²) >= 11 is 0. The van der Waals surface area contributed by atoms with Gasteiger partial charge >= 0.3 is 0 Å². The van der Waals surface area contributed by atoms with Crippen LogP contribution in [0.1, 0.15) is 29.6 Å². The molecule has 20 heavy (non-hydrogen) atoms. The first-order chi connectivity index (χ1) is 9.60. The second-order valence-corrected chi connectivity index (χ2v) is 5.42. The summed E-state index contributed by atoms with van der Waals surface area (Å²) < 4.78 is 0. The molecular formula is C13H16N4O3. The number of likely N-dealkylation sites (tertiary alicyclic amines) is 1. The number of hydrazine groups is 1. The van der Waals surface area contributed by atoms with Gasteiger partial charge in [0.25, 0.3) is 11.6 Å². The molecule has 1 aliphatic carbocycles. The number of benzene rings is 1. The van der Waals surface area contributed by atoms with Gasteiger partial charge in [0.15, 0.2) is 0 Å². The molecule has 3 rings (SSSR count). The molecule has 2 atom stereocenters. The van der Waals surface area contributed by atoms with Gasteiger partial charge in [-0.3, -0.25) is 20.8 Å². The average molecular weight is 276 g/mol. The van der Waals surface area contributed by atoms with Crippen LogP contribution in [0.25, 0.3) is 0 Å². The van der Waals surface area contributed by atoms with Gasteiger partial charge in [0.1, 0.15) is 5.69 Å². The Bertz CT molecular complexity index is 575. The van der Waals surface area contributed by atoms with Crippen LogP contribution in [-0.4, -0.2) is 28.3 Å². The van der Waals surface area contributed by atoms with Crippen molar-refractivity contribution < 1.29 is 9.72 Å². The molecule has 2 unspecified atom stereocenters. The maximum Gasteiger partial charge on any atom is 0.293 e. The maximum absolute atomic E-state index is 12.5. The minimum atomic E-state index is -0.527. The Hall–Kier alpha value is -2.15. The van der Waals surface area contributed by atoms with Crippen molar-refractivity contribution in [3.05, 3.63) is 33.9 Å². The first kappa shape index (κ1) is 12.9. The normalized spacial score (nSPS) is 23.9. The van der Waals surface area contributed by atoms with Crippen LogP contribution in [0.4, 0.5) is 11.4 Å². The van der Waals surface area contributed by atoms with Gasteiger partial charge in [-0.2, -0.15) is 0 Å². The van der Waals surface area contributed by atoms with Crippen molar-refractivity contribution >= 4 is 17.3 Å². The summed E-state index contributed by atoms with van der Waals surface area (Å²) in [5.74, 6) is 5.85. The summed E-state index contributed by atoms with van der Waals surface area (Å²) in [7, 11) is 0. The monoisotopic (exact) mass is 276 g/mol. The first-order valence-corrected chi connectivity index (χ1v) is 6.66. The number of carbonyl (C=O) groups excluding carboxylic acids is 1. The number of nitrogen functional groups attached to an aromatic ring is 1. The van der Waals surface area contributed by atoms with E-state index in [2.05, 4.69) is 5.43 Å². The standard InChI is InChI=1S/C13H16N4O3/c14-15-11-6-9(2-4-12(11)17(19)20)13(18)16-7-8-1-3-10(16)5-8/h2,4,6,8,10,15H,1,3,5,7,14H2. The van der Waals surface area contributed by atoms with E-state index in [0.717, 1.165) is 19.4 Å². The molecule has 106 valence electrons. The molecular weight excluding hydrogens is 260 g/mol. The van der Waals surface area contributed by atoms with E-state index in [9.17, 15) is 14.9 Å². The number of nitrogens with two attached hydrogens (primary N) is 1. The highest BCUT2D eigenvalue weighted by atomic mass is 16.6. The zero-order valence-corrected chi connectivity index (χ0v) is 10.9. The van der Waals surface area contributed by atoms with E-state index in [0.29, 0.717) is 17.5 Å². The Kier molecular flexibility index (Phi) is 3.06. The van der Waals surface area contributed by atoms with Crippen molar-refractivity contribution in [2.75, 3.05) is 12.0 Å². The molecule has 1 amide bonds. The number of fused-ring (bicyclic) bond motifs is 2. The highest BCUT2D eigenvalue weighted by molar-refractivity contribution is 5.96. The highest BCUT2D eigenvalue weighted by Crippen LogP contribution is 2.38. The third-order valence-corrected chi connectivity index (χ3v) is 4.27. The van der Waals surface area contributed by atoms with Gasteiger partial charge in [0.2, 0.25) is 0 Å². The summed E-state index contributed by atoms with van der Waals surface area (Å²) in [5, 5.41) is 10.8. The van der Waals surface area contributed by atoms with Crippen LogP contribution in [0.15, 0.2) is 18.2 Å². The van der Waals surface area contributed by atoms with Gasteiger partial charge < -0.3 is 10.3 Å². The van der Waals surface area contributed by atoms with E-state index in [-0.39, 0.29) is 17.3 Å². The number of nitro benzene ring substituents is 1. The van der Waals surface area contributed by atoms with Crippen molar-refractivity contribution in [3.8, 4) is 0 Å². The Morgan fingerprint density at radius 3 is 2.80 bits per heavy atom. The molecule has 1 saturated carbocycles. The molecule has 7 nitrogen and oxygen atoms in total. The number of amides is 1. The zero-order valence-electron chi connectivity index (χ0n) is 10.9. The fourth-order valence-electron chi connectivity index (χ4n) is 3.28. The van der Waals surface area contributed by atoms with Gasteiger partial charge in [-0.25, -0.2) is 0 Å². The van der Waals surface area contributed by atoms with E-state index < -0.39 is 4.92 Å². The quantitative estimate of drug-likeness (QED) is 0.495. The summed E-state index contributed by atoms with van der Waals surface area (Å²) in [4.78, 5) is 24.7. The average Bonchev–Trinajstić information content (AvgIpc) is 3.08. The van der Waals surface area contributed by atoms with Crippen LogP contribution < -0.4 is 11.3 Å². The maximum atomic E-state index is 12.5. The second-order valence-electron chi connectivity index (χ2n) is 5.42. The number of rotatable bonds is 3. The van der Waals surface area contributed by atoms with Crippen molar-refractivity contribution in [2.45, 2.75) is 25.3 Å². The lowest BCUT2D eigenvalue weighted by Crippen LogP contribution is -2.37. The summed E-state index contributed by atoms with van der Waals surface area (Å²) in [6, 6.07) is 4.59. The summed E-state index contributed by atoms with van der Waals surface area (Å²) in [6.07, 6.45) is 3.34. The molecule has 3 N–H and O–H groups in total. The Morgan fingerprint density at radius 2 is 2.25 bits per heavy atom. The number of nitrogens with zero attached hydrogens (tertiary/aromatic N) is 2. The van der Waals surface area contributed by atoms with Crippen LogP contribution in [0.5, 0.6) is 0 Å². The predicted molar refractivity (Wildman–Crippen MR) is 73.1 cm³/mol. The topological polar surface area (TPSA) is 102 Å². The zero-order chi connectivity index (χ0) is 14.3. The number of hydrogen-bond donors (Lipinski definition) is 2. The lowest BCUT2D eigenvalue weighted by Gasteiger charge is -2.27. The molecule has 2 bridgehead atoms. The first-order valence-electron chi connectivity index (χ1n) is 6.66. The second kappa shape index (κ2) is 4.75. The van der Waals surface area contributed by atoms with E-state index in [1.165, 1.54) is 24.6 Å². The highest BCUT2D eigenvalue weighted by Gasteiger charge is 2.40. The molecule has 1 aliphatic heterocycles. The SMILES string of the molecule is NNc1cc(C(=O)N2CC3CCC2C3)ccc1[N+](=O)[O-]. The summed E-state index contributed by atoms with van der Waals surface area (Å²) in [6.45, 7) is 0.797. The Balaban J connectivity index is 1.87. The lowest BCUT2D eigenvalue weighted by atomic mass is 10.1. The number of hydrogen-bond acceptors (Lipinski definition) is 5. The third kappa shape index (κ3) is 2.00. The minimum Gasteiger partial charge on any atom is -0.335 e. The number of anilines is 1. The third-order valence-electron chi connectivity index (χ3n) is 4.27. The van der Waals surface area contributed by atoms with Crippen LogP contribution in [0.2, 0.25) is 0 Å². The van der Waals surface area contributed by atoms with Crippen LogP contribution >= 0.6 is 0 Å². The van der Waals surface area contributed by atoms with Gasteiger partial charge in [-0.05, 0) is 37.3 Å². The molecule has 7 heteroatoms. The van der Waals surface area contributed by atoms with Crippen LogP contribution in [-0.2, 0) is 0 Å². The van der Waals surface area contributed by atoms with Gasteiger partial charge in [0.05, 0.1) is 4.92 Å².